The maximum atomic E-state index is 10.5. The summed E-state index contributed by atoms with van der Waals surface area (Å²) in [4.78, 5) is 0. The lowest BCUT2D eigenvalue weighted by Crippen LogP contribution is -2.39. The molecule has 4 rings (SSSR count). The minimum atomic E-state index is -0.197. The van der Waals surface area contributed by atoms with E-state index in [1.165, 1.54) is 0 Å². The van der Waals surface area contributed by atoms with Crippen LogP contribution in [0.25, 0.3) is 5.70 Å². The zero-order chi connectivity index (χ0) is 21.1. The van der Waals surface area contributed by atoms with Crippen LogP contribution in [0.4, 0.5) is 0 Å². The zero-order valence-corrected chi connectivity index (χ0v) is 18.3. The van der Waals surface area contributed by atoms with Crippen molar-refractivity contribution in [2.45, 2.75) is 12.2 Å². The third kappa shape index (κ3) is 4.30. The van der Waals surface area contributed by atoms with E-state index in [2.05, 4.69) is 32.6 Å². The van der Waals surface area contributed by atoms with Crippen LogP contribution in [-0.4, -0.2) is 19.3 Å². The topological polar surface area (TPSA) is 62.8 Å². The summed E-state index contributed by atoms with van der Waals surface area (Å²) >= 11 is 3.51. The quantitative estimate of drug-likeness (QED) is 0.485. The zero-order valence-electron chi connectivity index (χ0n) is 16.7. The fourth-order valence-electron chi connectivity index (χ4n) is 3.54. The highest BCUT2D eigenvalue weighted by Crippen LogP contribution is 2.35. The summed E-state index contributed by atoms with van der Waals surface area (Å²) in [6.07, 6.45) is 1.92. The highest BCUT2D eigenvalue weighted by atomic mass is 79.9. The molecule has 3 aromatic carbocycles. The van der Waals surface area contributed by atoms with E-state index in [9.17, 15) is 5.11 Å². The van der Waals surface area contributed by atoms with Gasteiger partial charge >= 0.3 is 0 Å². The Kier molecular flexibility index (Phi) is 5.97. The number of methoxy groups -OCH3 is 2. The first kappa shape index (κ1) is 20.3. The summed E-state index contributed by atoms with van der Waals surface area (Å²) in [6.45, 7) is 0. The van der Waals surface area contributed by atoms with Crippen molar-refractivity contribution >= 4 is 21.6 Å². The molecule has 2 atom stereocenters. The Morgan fingerprint density at radius 2 is 1.67 bits per heavy atom. The minimum Gasteiger partial charge on any atom is -0.508 e. The maximum Gasteiger partial charge on any atom is 0.120 e. The van der Waals surface area contributed by atoms with E-state index in [-0.39, 0.29) is 18.0 Å². The van der Waals surface area contributed by atoms with Gasteiger partial charge in [-0.15, -0.1) is 0 Å². The molecule has 1 aliphatic rings. The van der Waals surface area contributed by atoms with Crippen LogP contribution in [0.1, 0.15) is 28.9 Å². The summed E-state index contributed by atoms with van der Waals surface area (Å²) in [5.41, 5.74) is 3.82. The molecule has 0 saturated heterocycles. The number of hydrogen-bond acceptors (Lipinski definition) is 5. The fraction of sp³-hybridized carbons (Fsp3) is 0.167. The van der Waals surface area contributed by atoms with Gasteiger partial charge in [0.25, 0.3) is 0 Å². The van der Waals surface area contributed by atoms with Gasteiger partial charge in [0, 0.05) is 21.3 Å². The van der Waals surface area contributed by atoms with E-state index in [0.717, 1.165) is 38.4 Å². The Bertz CT molecular complexity index is 1070. The smallest absolute Gasteiger partial charge is 0.120 e. The van der Waals surface area contributed by atoms with Crippen LogP contribution in [0, 0.1) is 0 Å². The molecular weight excluding hydrogens is 444 g/mol. The molecule has 0 spiro atoms. The minimum absolute atomic E-state index is 0.162. The fourth-order valence-corrected chi connectivity index (χ4v) is 3.92. The Morgan fingerprint density at radius 3 is 2.40 bits per heavy atom. The largest absolute Gasteiger partial charge is 0.508 e. The van der Waals surface area contributed by atoms with Crippen LogP contribution in [0.2, 0.25) is 0 Å². The summed E-state index contributed by atoms with van der Waals surface area (Å²) in [5.74, 6) is 1.84. The highest BCUT2D eigenvalue weighted by molar-refractivity contribution is 9.10. The number of rotatable bonds is 5. The molecule has 0 radical (unpaired) electrons. The molecule has 154 valence electrons. The van der Waals surface area contributed by atoms with Crippen LogP contribution in [-0.2, 0) is 0 Å². The van der Waals surface area contributed by atoms with E-state index in [4.69, 9.17) is 9.47 Å². The number of halogens is 1. The molecule has 1 heterocycles. The van der Waals surface area contributed by atoms with Gasteiger partial charge in [-0.2, -0.15) is 0 Å². The molecule has 3 N–H and O–H groups in total. The maximum absolute atomic E-state index is 10.5. The summed E-state index contributed by atoms with van der Waals surface area (Å²) in [7, 11) is 3.31. The van der Waals surface area contributed by atoms with Gasteiger partial charge in [-0.25, -0.2) is 0 Å². The first-order valence-corrected chi connectivity index (χ1v) is 10.4. The average molecular weight is 467 g/mol. The van der Waals surface area contributed by atoms with Crippen molar-refractivity contribution in [2.24, 2.45) is 0 Å². The molecule has 0 saturated carbocycles. The average Bonchev–Trinajstić information content (AvgIpc) is 2.80. The highest BCUT2D eigenvalue weighted by Gasteiger charge is 2.26. The molecule has 0 aliphatic carbocycles. The second-order valence-electron chi connectivity index (χ2n) is 7.01. The third-order valence-corrected chi connectivity index (χ3v) is 5.63. The van der Waals surface area contributed by atoms with Gasteiger partial charge in [0.1, 0.15) is 23.4 Å². The first-order chi connectivity index (χ1) is 14.6. The molecular formula is C24H23BrN2O3. The second-order valence-corrected chi connectivity index (χ2v) is 7.93. The van der Waals surface area contributed by atoms with Gasteiger partial charge in [0.15, 0.2) is 0 Å². The molecule has 0 bridgehead atoms. The van der Waals surface area contributed by atoms with Gasteiger partial charge in [0.05, 0.1) is 20.3 Å². The van der Waals surface area contributed by atoms with Crippen molar-refractivity contribution in [3.63, 3.8) is 0 Å². The van der Waals surface area contributed by atoms with Gasteiger partial charge in [0.2, 0.25) is 0 Å². The molecule has 0 aromatic heterocycles. The van der Waals surface area contributed by atoms with Gasteiger partial charge in [-0.05, 0) is 54.1 Å². The first-order valence-electron chi connectivity index (χ1n) is 9.58. The SMILES string of the molecule is COc1ccc(C2NC(c3cccc(OC)c3)=CC(c3cc(Br)ccc3O)N2)cc1. The van der Waals surface area contributed by atoms with Crippen molar-refractivity contribution in [2.75, 3.05) is 14.2 Å². The predicted molar refractivity (Wildman–Crippen MR) is 122 cm³/mol. The predicted octanol–water partition coefficient (Wildman–Crippen LogP) is 5.15. The number of benzene rings is 3. The summed E-state index contributed by atoms with van der Waals surface area (Å²) in [6, 6.07) is 21.1. The van der Waals surface area contributed by atoms with Gasteiger partial charge in [-0.3, -0.25) is 5.32 Å². The Morgan fingerprint density at radius 1 is 0.900 bits per heavy atom. The summed E-state index contributed by atoms with van der Waals surface area (Å²) in [5, 5.41) is 17.7. The Balaban J connectivity index is 1.76. The molecule has 5 nitrogen and oxygen atoms in total. The number of hydrogen-bond donors (Lipinski definition) is 3. The number of phenolic OH excluding ortho intramolecular Hbond substituents is 1. The van der Waals surface area contributed by atoms with E-state index in [0.29, 0.717) is 0 Å². The van der Waals surface area contributed by atoms with E-state index in [1.54, 1.807) is 20.3 Å². The number of nitrogens with one attached hydrogen (secondary N) is 2. The molecule has 1 aliphatic heterocycles. The second kappa shape index (κ2) is 8.81. The van der Waals surface area contributed by atoms with Crippen molar-refractivity contribution in [3.05, 3.63) is 94.0 Å². The molecule has 0 fully saturated rings. The molecule has 6 heteroatoms. The number of aromatic hydroxyl groups is 1. The van der Waals surface area contributed by atoms with Crippen LogP contribution in [0.15, 0.2) is 77.3 Å². The van der Waals surface area contributed by atoms with Crippen LogP contribution in [0.5, 0.6) is 17.2 Å². The van der Waals surface area contributed by atoms with E-state index in [1.807, 2.05) is 60.7 Å². The normalized spacial score (nSPS) is 18.3. The van der Waals surface area contributed by atoms with Crippen LogP contribution >= 0.6 is 15.9 Å². The Hall–Kier alpha value is -2.96. The number of ether oxygens (including phenoxy) is 2. The van der Waals surface area contributed by atoms with Crippen molar-refractivity contribution < 1.29 is 14.6 Å². The van der Waals surface area contributed by atoms with Crippen molar-refractivity contribution in [1.29, 1.82) is 0 Å². The monoisotopic (exact) mass is 466 g/mol. The lowest BCUT2D eigenvalue weighted by Gasteiger charge is -2.33. The van der Waals surface area contributed by atoms with Gasteiger partial charge in [-0.1, -0.05) is 40.2 Å². The van der Waals surface area contributed by atoms with Crippen LogP contribution < -0.4 is 20.1 Å². The molecule has 2 unspecified atom stereocenters. The van der Waals surface area contributed by atoms with Gasteiger partial charge < -0.3 is 19.9 Å². The third-order valence-electron chi connectivity index (χ3n) is 5.13. The molecule has 30 heavy (non-hydrogen) atoms. The van der Waals surface area contributed by atoms with Crippen LogP contribution in [0.3, 0.4) is 0 Å². The molecule has 0 amide bonds. The van der Waals surface area contributed by atoms with Crippen molar-refractivity contribution in [3.8, 4) is 17.2 Å². The summed E-state index contributed by atoms with van der Waals surface area (Å²) < 4.78 is 11.6. The lowest BCUT2D eigenvalue weighted by molar-refractivity contribution is 0.409. The van der Waals surface area contributed by atoms with E-state index < -0.39 is 0 Å². The Labute approximate surface area is 184 Å². The van der Waals surface area contributed by atoms with E-state index >= 15 is 0 Å². The molecule has 3 aromatic rings. The number of phenols is 1. The standard InChI is InChI=1S/C24H23BrN2O3/c1-29-18-9-6-15(7-10-18)24-26-21(16-4-3-5-19(12-16)30-2)14-22(27-24)20-13-17(25)8-11-23(20)28/h3-14,22,24,26-28H,1-2H3. The van der Waals surface area contributed by atoms with Crippen molar-refractivity contribution in [1.82, 2.24) is 10.6 Å². The lowest BCUT2D eigenvalue weighted by atomic mass is 9.97.